The summed E-state index contributed by atoms with van der Waals surface area (Å²) < 4.78 is 5.65. The maximum absolute atomic E-state index is 12.0. The van der Waals surface area contributed by atoms with Crippen molar-refractivity contribution in [3.05, 3.63) is 60.2 Å². The van der Waals surface area contributed by atoms with Crippen LogP contribution < -0.4 is 15.4 Å². The number of hydrogen-bond donors (Lipinski definition) is 2. The summed E-state index contributed by atoms with van der Waals surface area (Å²) in [5.41, 5.74) is 0.292. The van der Waals surface area contributed by atoms with E-state index >= 15 is 0 Å². The van der Waals surface area contributed by atoms with Crippen LogP contribution in [0.15, 0.2) is 54.6 Å². The predicted octanol–water partition coefficient (Wildman–Crippen LogP) is 2.55. The van der Waals surface area contributed by atoms with Gasteiger partial charge in [0.25, 0.3) is 5.91 Å². The summed E-state index contributed by atoms with van der Waals surface area (Å²) in [4.78, 5) is 23.2. The van der Waals surface area contributed by atoms with Gasteiger partial charge in [-0.2, -0.15) is 0 Å². The Hall–Kier alpha value is -2.82. The van der Waals surface area contributed by atoms with Crippen molar-refractivity contribution in [1.29, 1.82) is 0 Å². The minimum Gasteiger partial charge on any atom is -0.457 e. The van der Waals surface area contributed by atoms with Gasteiger partial charge in [0.15, 0.2) is 0 Å². The molecule has 0 aliphatic rings. The van der Waals surface area contributed by atoms with E-state index < -0.39 is 11.9 Å². The Kier molecular flexibility index (Phi) is 4.34. The fraction of sp³-hybridized carbons (Fsp3) is 0.0667. The van der Waals surface area contributed by atoms with E-state index in [1.54, 1.807) is 36.4 Å². The molecule has 0 radical (unpaired) electrons. The van der Waals surface area contributed by atoms with Gasteiger partial charge in [-0.05, 0) is 24.3 Å². The van der Waals surface area contributed by atoms with Gasteiger partial charge in [0, 0.05) is 7.05 Å². The molecule has 3 amide bonds. The van der Waals surface area contributed by atoms with Crippen LogP contribution >= 0.6 is 0 Å². The highest BCUT2D eigenvalue weighted by Crippen LogP contribution is 2.24. The van der Waals surface area contributed by atoms with Crippen LogP contribution in [0.2, 0.25) is 0 Å². The Morgan fingerprint density at radius 1 is 0.950 bits per heavy atom. The highest BCUT2D eigenvalue weighted by Gasteiger charge is 2.14. The number of amides is 3. The molecular weight excluding hydrogens is 256 g/mol. The van der Waals surface area contributed by atoms with Crippen LogP contribution in [0.25, 0.3) is 0 Å². The number of imide groups is 1. The van der Waals surface area contributed by atoms with Crippen LogP contribution in [0, 0.1) is 0 Å². The zero-order valence-electron chi connectivity index (χ0n) is 10.9. The Morgan fingerprint density at radius 2 is 1.60 bits per heavy atom. The quantitative estimate of drug-likeness (QED) is 0.900. The molecule has 0 bridgehead atoms. The van der Waals surface area contributed by atoms with Crippen molar-refractivity contribution in [1.82, 2.24) is 10.6 Å². The molecule has 2 aromatic carbocycles. The van der Waals surface area contributed by atoms with E-state index in [9.17, 15) is 9.59 Å². The molecule has 0 aromatic heterocycles. The number of nitrogens with one attached hydrogen (secondary N) is 2. The molecular formula is C15H14N2O3. The second kappa shape index (κ2) is 6.38. The maximum atomic E-state index is 12.0. The van der Waals surface area contributed by atoms with Crippen molar-refractivity contribution in [3.8, 4) is 11.5 Å². The van der Waals surface area contributed by atoms with Gasteiger partial charge in [-0.25, -0.2) is 4.79 Å². The fourth-order valence-electron chi connectivity index (χ4n) is 1.59. The van der Waals surface area contributed by atoms with Crippen LogP contribution in [0.1, 0.15) is 10.4 Å². The Bertz CT molecular complexity index is 612. The number of urea groups is 1. The molecule has 102 valence electrons. The summed E-state index contributed by atoms with van der Waals surface area (Å²) in [7, 11) is 1.44. The number of hydrogen-bond acceptors (Lipinski definition) is 3. The average molecular weight is 270 g/mol. The molecule has 0 unspecified atom stereocenters. The summed E-state index contributed by atoms with van der Waals surface area (Å²) >= 11 is 0. The van der Waals surface area contributed by atoms with Crippen LogP contribution in [-0.4, -0.2) is 19.0 Å². The highest BCUT2D eigenvalue weighted by molar-refractivity contribution is 6.05. The molecule has 2 N–H and O–H groups in total. The van der Waals surface area contributed by atoms with E-state index in [1.165, 1.54) is 7.05 Å². The Balaban J connectivity index is 2.22. The largest absolute Gasteiger partial charge is 0.457 e. The third kappa shape index (κ3) is 3.35. The van der Waals surface area contributed by atoms with Crippen molar-refractivity contribution < 1.29 is 14.3 Å². The van der Waals surface area contributed by atoms with Gasteiger partial charge in [0.2, 0.25) is 0 Å². The molecule has 0 saturated carbocycles. The normalized spacial score (nSPS) is 9.65. The lowest BCUT2D eigenvalue weighted by Gasteiger charge is -2.10. The molecule has 2 aromatic rings. The number of carbonyl (C=O) groups excluding carboxylic acids is 2. The standard InChI is InChI=1S/C15H14N2O3/c1-16-15(19)17-14(18)12-9-5-6-10-13(12)20-11-7-3-2-4-8-11/h2-10H,1H3,(H2,16,17,18,19). The SMILES string of the molecule is CNC(=O)NC(=O)c1ccccc1Oc1ccccc1. The first-order valence-corrected chi connectivity index (χ1v) is 6.05. The number of benzene rings is 2. The maximum Gasteiger partial charge on any atom is 0.321 e. The van der Waals surface area contributed by atoms with E-state index in [0.29, 0.717) is 17.1 Å². The van der Waals surface area contributed by atoms with Crippen molar-refractivity contribution in [2.75, 3.05) is 7.05 Å². The van der Waals surface area contributed by atoms with Crippen LogP contribution in [0.3, 0.4) is 0 Å². The lowest BCUT2D eigenvalue weighted by atomic mass is 10.2. The molecule has 0 saturated heterocycles. The molecule has 0 heterocycles. The van der Waals surface area contributed by atoms with Crippen molar-refractivity contribution in [2.45, 2.75) is 0 Å². The first-order valence-electron chi connectivity index (χ1n) is 6.05. The second-order valence-electron chi connectivity index (χ2n) is 3.94. The first-order chi connectivity index (χ1) is 9.70. The Labute approximate surface area is 116 Å². The summed E-state index contributed by atoms with van der Waals surface area (Å²) in [5.74, 6) is 0.490. The van der Waals surface area contributed by atoms with E-state index in [2.05, 4.69) is 10.6 Å². The van der Waals surface area contributed by atoms with E-state index in [-0.39, 0.29) is 0 Å². The summed E-state index contributed by atoms with van der Waals surface area (Å²) in [6, 6.07) is 15.3. The zero-order valence-corrected chi connectivity index (χ0v) is 10.9. The topological polar surface area (TPSA) is 67.4 Å². The average Bonchev–Trinajstić information content (AvgIpc) is 2.48. The van der Waals surface area contributed by atoms with E-state index in [4.69, 9.17) is 4.74 Å². The fourth-order valence-corrected chi connectivity index (χ4v) is 1.59. The van der Waals surface area contributed by atoms with E-state index in [1.807, 2.05) is 18.2 Å². The molecule has 0 spiro atoms. The molecule has 5 heteroatoms. The third-order valence-electron chi connectivity index (χ3n) is 2.56. The number of ether oxygens (including phenoxy) is 1. The molecule has 5 nitrogen and oxygen atoms in total. The van der Waals surface area contributed by atoms with E-state index in [0.717, 1.165) is 0 Å². The molecule has 0 atom stereocenters. The molecule has 0 aliphatic carbocycles. The summed E-state index contributed by atoms with van der Waals surface area (Å²) in [6.45, 7) is 0. The minimum absolute atomic E-state index is 0.292. The van der Waals surface area contributed by atoms with Gasteiger partial charge in [-0.15, -0.1) is 0 Å². The third-order valence-corrected chi connectivity index (χ3v) is 2.56. The number of carbonyl (C=O) groups is 2. The monoisotopic (exact) mass is 270 g/mol. The summed E-state index contributed by atoms with van der Waals surface area (Å²) in [6.07, 6.45) is 0. The molecule has 0 aliphatic heterocycles. The molecule has 0 fully saturated rings. The number of para-hydroxylation sites is 2. The lowest BCUT2D eigenvalue weighted by Crippen LogP contribution is -2.37. The van der Waals surface area contributed by atoms with Crippen molar-refractivity contribution in [3.63, 3.8) is 0 Å². The van der Waals surface area contributed by atoms with Crippen LogP contribution in [-0.2, 0) is 0 Å². The molecule has 2 rings (SSSR count). The van der Waals surface area contributed by atoms with Gasteiger partial charge in [0.05, 0.1) is 5.56 Å². The van der Waals surface area contributed by atoms with Crippen LogP contribution in [0.5, 0.6) is 11.5 Å². The summed E-state index contributed by atoms with van der Waals surface area (Å²) in [5, 5.41) is 4.53. The lowest BCUT2D eigenvalue weighted by molar-refractivity contribution is 0.0962. The second-order valence-corrected chi connectivity index (χ2v) is 3.94. The van der Waals surface area contributed by atoms with Crippen LogP contribution in [0.4, 0.5) is 4.79 Å². The smallest absolute Gasteiger partial charge is 0.321 e. The highest BCUT2D eigenvalue weighted by atomic mass is 16.5. The minimum atomic E-state index is -0.565. The van der Waals surface area contributed by atoms with Gasteiger partial charge < -0.3 is 10.1 Å². The van der Waals surface area contributed by atoms with Crippen molar-refractivity contribution in [2.24, 2.45) is 0 Å². The Morgan fingerprint density at radius 3 is 2.30 bits per heavy atom. The predicted molar refractivity (Wildman–Crippen MR) is 74.9 cm³/mol. The number of rotatable bonds is 3. The zero-order chi connectivity index (χ0) is 14.4. The van der Waals surface area contributed by atoms with Gasteiger partial charge in [-0.1, -0.05) is 30.3 Å². The first kappa shape index (κ1) is 13.6. The van der Waals surface area contributed by atoms with Gasteiger partial charge in [-0.3, -0.25) is 10.1 Å². The molecule has 20 heavy (non-hydrogen) atoms. The van der Waals surface area contributed by atoms with Gasteiger partial charge in [0.1, 0.15) is 11.5 Å². The van der Waals surface area contributed by atoms with Crippen molar-refractivity contribution >= 4 is 11.9 Å². The van der Waals surface area contributed by atoms with Gasteiger partial charge >= 0.3 is 6.03 Å².